The van der Waals surface area contributed by atoms with Crippen LogP contribution in [0.2, 0.25) is 13.1 Å². The van der Waals surface area contributed by atoms with E-state index in [2.05, 4.69) is 13.2 Å². The summed E-state index contributed by atoms with van der Waals surface area (Å²) in [6.07, 6.45) is -3.00. The highest BCUT2D eigenvalue weighted by Gasteiger charge is 2.53. The minimum atomic E-state index is -3.25. The topological polar surface area (TPSA) is 92.3 Å². The molecule has 0 radical (unpaired) electrons. The van der Waals surface area contributed by atoms with Gasteiger partial charge in [0.25, 0.3) is 0 Å². The first-order chi connectivity index (χ1) is 31.3. The zero-order chi connectivity index (χ0) is 44.6. The summed E-state index contributed by atoms with van der Waals surface area (Å²) in [5.41, 5.74) is 5.09. The number of hydrogen-bond acceptors (Lipinski definition) is 10. The van der Waals surface area contributed by atoms with Crippen LogP contribution in [0.4, 0.5) is 0 Å². The van der Waals surface area contributed by atoms with E-state index in [9.17, 15) is 0 Å². The predicted molar refractivity (Wildman–Crippen MR) is 248 cm³/mol. The molecule has 338 valence electrons. The van der Waals surface area contributed by atoms with Crippen molar-refractivity contribution < 1.29 is 46.7 Å². The summed E-state index contributed by atoms with van der Waals surface area (Å²) in [7, 11) is -1.65. The highest BCUT2D eigenvalue weighted by molar-refractivity contribution is 6.64. The molecule has 2 saturated heterocycles. The molecule has 7 rings (SSSR count). The van der Waals surface area contributed by atoms with Gasteiger partial charge in [0.15, 0.2) is 6.29 Å². The molecule has 2 aliphatic heterocycles. The third-order valence-corrected chi connectivity index (χ3v) is 13.0. The first-order valence-corrected chi connectivity index (χ1v) is 24.8. The second kappa shape index (κ2) is 24.1. The number of rotatable bonds is 23. The van der Waals surface area contributed by atoms with E-state index in [0.717, 1.165) is 27.8 Å². The molecule has 0 amide bonds. The van der Waals surface area contributed by atoms with Gasteiger partial charge in [-0.15, -0.1) is 13.2 Å². The van der Waals surface area contributed by atoms with Crippen LogP contribution in [0.25, 0.3) is 0 Å². The van der Waals surface area contributed by atoms with Gasteiger partial charge in [0.1, 0.15) is 54.9 Å². The molecule has 5 aromatic rings. The van der Waals surface area contributed by atoms with Crippen molar-refractivity contribution in [2.45, 2.75) is 107 Å². The van der Waals surface area contributed by atoms with E-state index in [1.165, 1.54) is 0 Å². The monoisotopic (exact) mass is 886 g/mol. The van der Waals surface area contributed by atoms with Gasteiger partial charge in [0.05, 0.1) is 39.6 Å². The second-order valence-electron chi connectivity index (χ2n) is 16.4. The number of benzene rings is 5. The van der Waals surface area contributed by atoms with E-state index in [1.807, 2.05) is 165 Å². The van der Waals surface area contributed by atoms with Crippen LogP contribution in [0.3, 0.4) is 0 Å². The SMILES string of the molecule is C=C[C@@H]1O[C@H](COCc2ccccc2)[C@@H](OCc2ccccc2)[C@H](OCc2ccccc2)[C@H]1O[Si](C)(C)O[C@H]1[C@H](OCc2ccccc2)[C@@H](OCc2ccccc2)[C@@H](OC)O[C@@H]1C=C. The average Bonchev–Trinajstić information content (AvgIpc) is 3.33. The van der Waals surface area contributed by atoms with Gasteiger partial charge >= 0.3 is 8.56 Å². The molecular formula is C53H62O10Si. The predicted octanol–water partition coefficient (Wildman–Crippen LogP) is 9.53. The molecule has 0 spiro atoms. The summed E-state index contributed by atoms with van der Waals surface area (Å²) in [5.74, 6) is 0. The van der Waals surface area contributed by atoms with Crippen molar-refractivity contribution in [3.8, 4) is 0 Å². The van der Waals surface area contributed by atoms with Gasteiger partial charge < -0.3 is 46.7 Å². The molecule has 64 heavy (non-hydrogen) atoms. The van der Waals surface area contributed by atoms with Gasteiger partial charge in [-0.1, -0.05) is 164 Å². The number of ether oxygens (including phenoxy) is 8. The van der Waals surface area contributed by atoms with E-state index in [0.29, 0.717) is 33.0 Å². The Balaban J connectivity index is 1.18. The van der Waals surface area contributed by atoms with Crippen molar-refractivity contribution >= 4 is 8.56 Å². The Morgan fingerprint density at radius 3 is 1.19 bits per heavy atom. The van der Waals surface area contributed by atoms with E-state index in [4.69, 9.17) is 46.7 Å². The van der Waals surface area contributed by atoms with Crippen LogP contribution < -0.4 is 0 Å². The van der Waals surface area contributed by atoms with E-state index < -0.39 is 69.8 Å². The molecule has 2 heterocycles. The van der Waals surface area contributed by atoms with Gasteiger partial charge in [0, 0.05) is 7.11 Å². The maximum absolute atomic E-state index is 7.27. The summed E-state index contributed by atoms with van der Waals surface area (Å²) in [6.45, 7) is 14.3. The Morgan fingerprint density at radius 1 is 0.453 bits per heavy atom. The van der Waals surface area contributed by atoms with Crippen LogP contribution in [0.1, 0.15) is 27.8 Å². The second-order valence-corrected chi connectivity index (χ2v) is 19.7. The number of hydrogen-bond donors (Lipinski definition) is 0. The number of methoxy groups -OCH3 is 1. The summed E-state index contributed by atoms with van der Waals surface area (Å²) >= 11 is 0. The first-order valence-electron chi connectivity index (χ1n) is 22.0. The van der Waals surface area contributed by atoms with Crippen molar-refractivity contribution in [1.82, 2.24) is 0 Å². The maximum Gasteiger partial charge on any atom is 0.332 e. The molecule has 0 bridgehead atoms. The molecule has 2 aliphatic rings. The average molecular weight is 887 g/mol. The molecule has 0 saturated carbocycles. The van der Waals surface area contributed by atoms with E-state index >= 15 is 0 Å². The molecule has 2 fully saturated rings. The smallest absolute Gasteiger partial charge is 0.332 e. The Hall–Kier alpha value is -4.60. The zero-order valence-corrected chi connectivity index (χ0v) is 38.1. The highest BCUT2D eigenvalue weighted by atomic mass is 28.4. The molecule has 10 atom stereocenters. The van der Waals surface area contributed by atoms with Crippen LogP contribution in [0.5, 0.6) is 0 Å². The van der Waals surface area contributed by atoms with Crippen molar-refractivity contribution in [3.63, 3.8) is 0 Å². The molecule has 10 nitrogen and oxygen atoms in total. The molecule has 0 unspecified atom stereocenters. The summed E-state index contributed by atoms with van der Waals surface area (Å²) < 4.78 is 67.4. The molecule has 0 aromatic heterocycles. The Bertz CT molecular complexity index is 2100. The van der Waals surface area contributed by atoms with Crippen molar-refractivity contribution in [3.05, 3.63) is 205 Å². The van der Waals surface area contributed by atoms with E-state index in [-0.39, 0.29) is 6.61 Å². The minimum absolute atomic E-state index is 0.250. The molecule has 11 heteroatoms. The third-order valence-electron chi connectivity index (χ3n) is 11.3. The fraction of sp³-hybridized carbons (Fsp3) is 0.358. The fourth-order valence-corrected chi connectivity index (χ4v) is 10.0. The molecule has 0 N–H and O–H groups in total. The summed E-state index contributed by atoms with van der Waals surface area (Å²) in [4.78, 5) is 0. The van der Waals surface area contributed by atoms with Crippen molar-refractivity contribution in [2.75, 3.05) is 13.7 Å². The summed E-state index contributed by atoms with van der Waals surface area (Å²) in [6, 6.07) is 50.2. The molecule has 0 aliphatic carbocycles. The normalized spacial score (nSPS) is 26.0. The van der Waals surface area contributed by atoms with Crippen molar-refractivity contribution in [1.29, 1.82) is 0 Å². The summed E-state index contributed by atoms with van der Waals surface area (Å²) in [5, 5.41) is 0. The van der Waals surface area contributed by atoms with Gasteiger partial charge in [-0.2, -0.15) is 0 Å². The van der Waals surface area contributed by atoms with Gasteiger partial charge in [-0.05, 0) is 40.9 Å². The van der Waals surface area contributed by atoms with Crippen molar-refractivity contribution in [2.24, 2.45) is 0 Å². The fourth-order valence-electron chi connectivity index (χ4n) is 8.12. The lowest BCUT2D eigenvalue weighted by molar-refractivity contribution is -0.301. The van der Waals surface area contributed by atoms with Gasteiger partial charge in [-0.25, -0.2) is 0 Å². The lowest BCUT2D eigenvalue weighted by Crippen LogP contribution is -2.65. The standard InChI is InChI=1S/C53H62O10Si/c1-6-44-48(50(57-35-41-27-17-10-18-28-41)47(56-34-40-25-15-9-16-26-40)46(60-44)38-55-33-39-23-13-8-14-24-39)62-64(4,5)63-49-45(7-2)61-53(54-3)52(59-37-43-31-21-12-22-32-43)51(49)58-36-42-29-19-11-20-30-42/h6-32,44-53H,1-2,33-38H2,3-5H3/t44-,45+,46+,47+,48-,49+,50-,51-,52+,53-/m0/s1. The van der Waals surface area contributed by atoms with Gasteiger partial charge in [0.2, 0.25) is 0 Å². The highest BCUT2D eigenvalue weighted by Crippen LogP contribution is 2.36. The van der Waals surface area contributed by atoms with Crippen LogP contribution in [-0.2, 0) is 79.8 Å². The Kier molecular flexibility index (Phi) is 17.8. The van der Waals surface area contributed by atoms with Crippen LogP contribution >= 0.6 is 0 Å². The molecular weight excluding hydrogens is 825 g/mol. The largest absolute Gasteiger partial charge is 0.385 e. The minimum Gasteiger partial charge on any atom is -0.385 e. The van der Waals surface area contributed by atoms with Crippen LogP contribution in [-0.4, -0.2) is 83.5 Å². The molecule has 5 aromatic carbocycles. The third kappa shape index (κ3) is 13.2. The van der Waals surface area contributed by atoms with Gasteiger partial charge in [-0.3, -0.25) is 0 Å². The maximum atomic E-state index is 7.27. The Morgan fingerprint density at radius 2 is 0.797 bits per heavy atom. The van der Waals surface area contributed by atoms with Crippen LogP contribution in [0, 0.1) is 0 Å². The first kappa shape index (κ1) is 47.4. The Labute approximate surface area is 379 Å². The lowest BCUT2D eigenvalue weighted by atomic mass is 9.94. The van der Waals surface area contributed by atoms with Crippen LogP contribution in [0.15, 0.2) is 177 Å². The quantitative estimate of drug-likeness (QED) is 0.0467. The van der Waals surface area contributed by atoms with E-state index in [1.54, 1.807) is 19.3 Å². The lowest BCUT2D eigenvalue weighted by Gasteiger charge is -2.49. The zero-order valence-electron chi connectivity index (χ0n) is 37.1.